The summed E-state index contributed by atoms with van der Waals surface area (Å²) in [6.45, 7) is 0.441. The van der Waals surface area contributed by atoms with Crippen molar-refractivity contribution in [2.45, 2.75) is 6.54 Å². The largest absolute Gasteiger partial charge is 0.397 e. The minimum Gasteiger partial charge on any atom is -0.397 e. The average Bonchev–Trinajstić information content (AvgIpc) is 2.42. The monoisotopic (exact) mass is 275 g/mol. The van der Waals surface area contributed by atoms with Crippen LogP contribution in [0, 0.1) is 0 Å². The minimum atomic E-state index is -0.344. The number of para-hydroxylation sites is 1. The first-order chi connectivity index (χ1) is 9.16. The highest BCUT2D eigenvalue weighted by Gasteiger charge is 2.08. The number of benzene rings is 2. The quantitative estimate of drug-likeness (QED) is 0.753. The Labute approximate surface area is 116 Å². The van der Waals surface area contributed by atoms with Crippen LogP contribution in [0.15, 0.2) is 48.5 Å². The van der Waals surface area contributed by atoms with Gasteiger partial charge in [0.2, 0.25) is 0 Å². The molecule has 4 nitrogen and oxygen atoms in total. The number of hydrogen-bond acceptors (Lipinski definition) is 2. The Morgan fingerprint density at radius 2 is 1.84 bits per heavy atom. The smallest absolute Gasteiger partial charge is 0.319 e. The van der Waals surface area contributed by atoms with E-state index in [0.29, 0.717) is 22.9 Å². The summed E-state index contributed by atoms with van der Waals surface area (Å²) in [5.41, 5.74) is 7.63. The Hall–Kier alpha value is -2.20. The first kappa shape index (κ1) is 13.2. The molecule has 0 bridgehead atoms. The van der Waals surface area contributed by atoms with Gasteiger partial charge in [-0.05, 0) is 17.7 Å². The number of halogens is 1. The van der Waals surface area contributed by atoms with Crippen LogP contribution in [0.3, 0.4) is 0 Å². The summed E-state index contributed by atoms with van der Waals surface area (Å²) in [5.74, 6) is 0. The summed E-state index contributed by atoms with van der Waals surface area (Å²) < 4.78 is 0. The van der Waals surface area contributed by atoms with Crippen molar-refractivity contribution in [1.82, 2.24) is 5.32 Å². The molecule has 0 fully saturated rings. The third kappa shape index (κ3) is 3.63. The molecule has 0 aliphatic carbocycles. The summed E-state index contributed by atoms with van der Waals surface area (Å²) >= 11 is 5.97. The molecule has 0 saturated heterocycles. The van der Waals surface area contributed by atoms with Crippen LogP contribution in [0.5, 0.6) is 0 Å². The number of carbonyl (C=O) groups is 1. The van der Waals surface area contributed by atoms with Crippen molar-refractivity contribution >= 4 is 29.0 Å². The van der Waals surface area contributed by atoms with Gasteiger partial charge in [0.05, 0.1) is 16.4 Å². The van der Waals surface area contributed by atoms with Crippen molar-refractivity contribution in [2.24, 2.45) is 0 Å². The lowest BCUT2D eigenvalue weighted by atomic mass is 10.2. The van der Waals surface area contributed by atoms with E-state index in [-0.39, 0.29) is 6.03 Å². The maximum atomic E-state index is 11.8. The molecule has 5 heteroatoms. The van der Waals surface area contributed by atoms with Gasteiger partial charge in [-0.3, -0.25) is 0 Å². The van der Waals surface area contributed by atoms with Crippen LogP contribution in [-0.2, 0) is 6.54 Å². The van der Waals surface area contributed by atoms with Gasteiger partial charge in [-0.2, -0.15) is 0 Å². The van der Waals surface area contributed by atoms with E-state index in [0.717, 1.165) is 5.56 Å². The van der Waals surface area contributed by atoms with Crippen LogP contribution >= 0.6 is 11.6 Å². The van der Waals surface area contributed by atoms with Gasteiger partial charge in [0.25, 0.3) is 0 Å². The predicted molar refractivity (Wildman–Crippen MR) is 78.2 cm³/mol. The zero-order valence-corrected chi connectivity index (χ0v) is 10.9. The maximum Gasteiger partial charge on any atom is 0.319 e. The number of nitrogens with one attached hydrogen (secondary N) is 2. The number of urea groups is 1. The third-order valence-electron chi connectivity index (χ3n) is 2.58. The van der Waals surface area contributed by atoms with E-state index >= 15 is 0 Å². The van der Waals surface area contributed by atoms with E-state index in [4.69, 9.17) is 17.3 Å². The normalized spacial score (nSPS) is 9.95. The van der Waals surface area contributed by atoms with Crippen LogP contribution in [0.2, 0.25) is 5.02 Å². The van der Waals surface area contributed by atoms with E-state index in [2.05, 4.69) is 10.6 Å². The fourth-order valence-corrected chi connectivity index (χ4v) is 1.84. The van der Waals surface area contributed by atoms with E-state index < -0.39 is 0 Å². The molecule has 2 aromatic rings. The molecule has 0 radical (unpaired) electrons. The molecule has 0 unspecified atom stereocenters. The Kier molecular flexibility index (Phi) is 4.26. The Morgan fingerprint density at radius 1 is 1.11 bits per heavy atom. The van der Waals surface area contributed by atoms with Crippen LogP contribution < -0.4 is 16.4 Å². The molecular weight excluding hydrogens is 262 g/mol. The van der Waals surface area contributed by atoms with Crippen molar-refractivity contribution in [2.75, 3.05) is 11.1 Å². The van der Waals surface area contributed by atoms with Crippen LogP contribution in [-0.4, -0.2) is 6.03 Å². The van der Waals surface area contributed by atoms with Crippen LogP contribution in [0.1, 0.15) is 5.56 Å². The van der Waals surface area contributed by atoms with Crippen molar-refractivity contribution in [3.05, 3.63) is 59.1 Å². The molecular formula is C14H14ClN3O. The molecule has 0 atom stereocenters. The fourth-order valence-electron chi connectivity index (χ4n) is 1.61. The van der Waals surface area contributed by atoms with E-state index in [1.165, 1.54) is 0 Å². The Bertz CT molecular complexity index is 552. The van der Waals surface area contributed by atoms with Crippen molar-refractivity contribution in [1.29, 1.82) is 0 Å². The lowest BCUT2D eigenvalue weighted by Crippen LogP contribution is -2.28. The second kappa shape index (κ2) is 6.11. The van der Waals surface area contributed by atoms with Gasteiger partial charge in [-0.25, -0.2) is 4.79 Å². The van der Waals surface area contributed by atoms with Crippen molar-refractivity contribution in [3.8, 4) is 0 Å². The minimum absolute atomic E-state index is 0.344. The highest BCUT2D eigenvalue weighted by Crippen LogP contribution is 2.27. The lowest BCUT2D eigenvalue weighted by molar-refractivity contribution is 0.252. The zero-order valence-electron chi connectivity index (χ0n) is 10.2. The molecule has 0 heterocycles. The number of amides is 2. The van der Waals surface area contributed by atoms with Gasteiger partial charge in [0.15, 0.2) is 0 Å². The number of carbonyl (C=O) groups excluding carboxylic acids is 1. The number of hydrogen-bond donors (Lipinski definition) is 3. The van der Waals surface area contributed by atoms with E-state index in [9.17, 15) is 4.79 Å². The molecule has 0 aliphatic heterocycles. The van der Waals surface area contributed by atoms with Gasteiger partial charge >= 0.3 is 6.03 Å². The molecule has 19 heavy (non-hydrogen) atoms. The van der Waals surface area contributed by atoms with Gasteiger partial charge < -0.3 is 16.4 Å². The summed E-state index contributed by atoms with van der Waals surface area (Å²) in [4.78, 5) is 11.8. The third-order valence-corrected chi connectivity index (χ3v) is 2.90. The lowest BCUT2D eigenvalue weighted by Gasteiger charge is -2.11. The number of nitrogen functional groups attached to an aromatic ring is 1. The zero-order chi connectivity index (χ0) is 13.7. The van der Waals surface area contributed by atoms with Crippen molar-refractivity contribution < 1.29 is 4.79 Å². The SMILES string of the molecule is Nc1cccc(Cl)c1NC(=O)NCc1ccccc1. The van der Waals surface area contributed by atoms with E-state index in [1.54, 1.807) is 18.2 Å². The number of rotatable bonds is 3. The standard InChI is InChI=1S/C14H14ClN3O/c15-11-7-4-8-12(16)13(11)18-14(19)17-9-10-5-2-1-3-6-10/h1-8H,9,16H2,(H2,17,18,19). The molecule has 0 aliphatic rings. The maximum absolute atomic E-state index is 11.8. The molecule has 0 aromatic heterocycles. The number of anilines is 2. The fraction of sp³-hybridized carbons (Fsp3) is 0.0714. The highest BCUT2D eigenvalue weighted by molar-refractivity contribution is 6.34. The Morgan fingerprint density at radius 3 is 2.53 bits per heavy atom. The topological polar surface area (TPSA) is 67.1 Å². The summed E-state index contributed by atoms with van der Waals surface area (Å²) in [6.07, 6.45) is 0. The number of nitrogens with two attached hydrogens (primary N) is 1. The van der Waals surface area contributed by atoms with Gasteiger partial charge in [-0.1, -0.05) is 48.0 Å². The van der Waals surface area contributed by atoms with Crippen molar-refractivity contribution in [3.63, 3.8) is 0 Å². The van der Waals surface area contributed by atoms with Gasteiger partial charge in [0, 0.05) is 6.54 Å². The van der Waals surface area contributed by atoms with Crippen LogP contribution in [0.25, 0.3) is 0 Å². The second-order valence-corrected chi connectivity index (χ2v) is 4.40. The molecule has 2 amide bonds. The summed E-state index contributed by atoms with van der Waals surface area (Å²) in [6, 6.07) is 14.4. The molecule has 2 rings (SSSR count). The van der Waals surface area contributed by atoms with Crippen LogP contribution in [0.4, 0.5) is 16.2 Å². The first-order valence-electron chi connectivity index (χ1n) is 5.79. The highest BCUT2D eigenvalue weighted by atomic mass is 35.5. The van der Waals surface area contributed by atoms with Gasteiger partial charge in [0.1, 0.15) is 0 Å². The first-order valence-corrected chi connectivity index (χ1v) is 6.17. The molecule has 4 N–H and O–H groups in total. The molecule has 98 valence electrons. The van der Waals surface area contributed by atoms with E-state index in [1.807, 2.05) is 30.3 Å². The molecule has 0 saturated carbocycles. The summed E-state index contributed by atoms with van der Waals surface area (Å²) in [5, 5.41) is 5.79. The average molecular weight is 276 g/mol. The molecule has 2 aromatic carbocycles. The molecule has 0 spiro atoms. The Balaban J connectivity index is 1.95. The van der Waals surface area contributed by atoms with Gasteiger partial charge in [-0.15, -0.1) is 0 Å². The second-order valence-electron chi connectivity index (χ2n) is 4.00. The predicted octanol–water partition coefficient (Wildman–Crippen LogP) is 3.24. The summed E-state index contributed by atoms with van der Waals surface area (Å²) in [7, 11) is 0.